The Balaban J connectivity index is 1.31. The summed E-state index contributed by atoms with van der Waals surface area (Å²) in [6, 6.07) is 25.2. The topological polar surface area (TPSA) is 65.4 Å². The molecule has 0 unspecified atom stereocenters. The molecule has 4 aromatic rings. The third-order valence-corrected chi connectivity index (χ3v) is 5.49. The molecule has 0 aliphatic carbocycles. The van der Waals surface area contributed by atoms with E-state index >= 15 is 0 Å². The van der Waals surface area contributed by atoms with Crippen molar-refractivity contribution in [1.29, 1.82) is 0 Å². The normalized spacial score (nSPS) is 10.8. The number of para-hydroxylation sites is 3. The number of fused-ring (bicyclic) bond motifs is 1. The number of nitrogens with zero attached hydrogens (tertiary/aromatic N) is 2. The Hall–Kier alpha value is -3.80. The highest BCUT2D eigenvalue weighted by molar-refractivity contribution is 5.94. The Morgan fingerprint density at radius 2 is 1.67 bits per heavy atom. The first kappa shape index (κ1) is 22.4. The van der Waals surface area contributed by atoms with Gasteiger partial charge in [0.1, 0.15) is 17.3 Å². The van der Waals surface area contributed by atoms with E-state index in [-0.39, 0.29) is 5.91 Å². The Labute approximate surface area is 194 Å². The number of nitrogens with one attached hydrogen (secondary N) is 1. The second kappa shape index (κ2) is 11.2. The number of carbonyl (C=O) groups is 1. The first-order valence-electron chi connectivity index (χ1n) is 11.3. The van der Waals surface area contributed by atoms with Gasteiger partial charge in [-0.15, -0.1) is 0 Å². The minimum absolute atomic E-state index is 0.0794. The number of hydrogen-bond donors (Lipinski definition) is 1. The van der Waals surface area contributed by atoms with Crippen LogP contribution in [0.5, 0.6) is 11.5 Å². The smallest absolute Gasteiger partial charge is 0.251 e. The van der Waals surface area contributed by atoms with Crippen molar-refractivity contribution >= 4 is 16.9 Å². The Morgan fingerprint density at radius 1 is 0.909 bits per heavy atom. The van der Waals surface area contributed by atoms with Crippen LogP contribution in [-0.2, 0) is 13.0 Å². The van der Waals surface area contributed by atoms with Gasteiger partial charge in [0, 0.05) is 25.1 Å². The summed E-state index contributed by atoms with van der Waals surface area (Å²) in [6.45, 7) is 2.07. The van der Waals surface area contributed by atoms with E-state index in [0.29, 0.717) is 18.7 Å². The van der Waals surface area contributed by atoms with Crippen molar-refractivity contribution in [2.75, 3.05) is 20.3 Å². The molecule has 6 heteroatoms. The van der Waals surface area contributed by atoms with Crippen molar-refractivity contribution in [3.05, 3.63) is 90.3 Å². The number of methoxy groups -OCH3 is 1. The minimum atomic E-state index is -0.0794. The van der Waals surface area contributed by atoms with Gasteiger partial charge >= 0.3 is 0 Å². The Morgan fingerprint density at radius 3 is 2.45 bits per heavy atom. The molecular formula is C27H29N3O3. The van der Waals surface area contributed by atoms with Gasteiger partial charge in [-0.1, -0.05) is 30.3 Å². The molecule has 0 aliphatic heterocycles. The highest BCUT2D eigenvalue weighted by Gasteiger charge is 2.11. The molecule has 1 amide bonds. The van der Waals surface area contributed by atoms with Gasteiger partial charge in [0.15, 0.2) is 0 Å². The lowest BCUT2D eigenvalue weighted by Crippen LogP contribution is -2.25. The summed E-state index contributed by atoms with van der Waals surface area (Å²) in [5.74, 6) is 2.58. The molecule has 0 bridgehead atoms. The summed E-state index contributed by atoms with van der Waals surface area (Å²) in [5, 5.41) is 2.99. The molecule has 4 rings (SSSR count). The average molecular weight is 444 g/mol. The molecule has 0 aliphatic rings. The van der Waals surface area contributed by atoms with Gasteiger partial charge in [-0.25, -0.2) is 4.98 Å². The molecule has 0 fully saturated rings. The highest BCUT2D eigenvalue weighted by Crippen LogP contribution is 2.18. The van der Waals surface area contributed by atoms with E-state index in [9.17, 15) is 4.79 Å². The van der Waals surface area contributed by atoms with Crippen LogP contribution in [0.2, 0.25) is 0 Å². The van der Waals surface area contributed by atoms with Crippen molar-refractivity contribution in [3.63, 3.8) is 0 Å². The molecular weight excluding hydrogens is 414 g/mol. The fourth-order valence-corrected chi connectivity index (χ4v) is 3.79. The number of aryl methyl sites for hydroxylation is 2. The summed E-state index contributed by atoms with van der Waals surface area (Å²) >= 11 is 0. The number of amides is 1. The minimum Gasteiger partial charge on any atom is -0.497 e. The summed E-state index contributed by atoms with van der Waals surface area (Å²) in [4.78, 5) is 17.2. The number of rotatable bonds is 11. The molecule has 1 N–H and O–H groups in total. The number of imidazole rings is 1. The van der Waals surface area contributed by atoms with Crippen LogP contribution in [0, 0.1) is 0 Å². The van der Waals surface area contributed by atoms with Crippen LogP contribution in [0.25, 0.3) is 11.0 Å². The first-order valence-corrected chi connectivity index (χ1v) is 11.3. The molecule has 170 valence electrons. The highest BCUT2D eigenvalue weighted by atomic mass is 16.5. The molecule has 1 aromatic heterocycles. The SMILES string of the molecule is COc1ccc(C(=O)NCCCc2nc3ccccc3n2CCCOc2ccccc2)cc1. The molecule has 0 saturated carbocycles. The third kappa shape index (κ3) is 5.92. The lowest BCUT2D eigenvalue weighted by molar-refractivity contribution is 0.0953. The zero-order valence-electron chi connectivity index (χ0n) is 18.9. The van der Waals surface area contributed by atoms with E-state index in [0.717, 1.165) is 54.2 Å². The van der Waals surface area contributed by atoms with Crippen LogP contribution in [0.4, 0.5) is 0 Å². The summed E-state index contributed by atoms with van der Waals surface area (Å²) in [5.41, 5.74) is 2.76. The van der Waals surface area contributed by atoms with Crippen LogP contribution in [0.3, 0.4) is 0 Å². The second-order valence-corrected chi connectivity index (χ2v) is 7.77. The molecule has 6 nitrogen and oxygen atoms in total. The fraction of sp³-hybridized carbons (Fsp3) is 0.259. The van der Waals surface area contributed by atoms with Crippen LogP contribution in [0.15, 0.2) is 78.9 Å². The first-order chi connectivity index (χ1) is 16.2. The molecule has 0 spiro atoms. The van der Waals surface area contributed by atoms with Crippen molar-refractivity contribution in [2.45, 2.75) is 25.8 Å². The summed E-state index contributed by atoms with van der Waals surface area (Å²) in [7, 11) is 1.61. The van der Waals surface area contributed by atoms with E-state index in [2.05, 4.69) is 16.0 Å². The number of hydrogen-bond acceptors (Lipinski definition) is 4. The maximum atomic E-state index is 12.4. The van der Waals surface area contributed by atoms with Crippen molar-refractivity contribution in [3.8, 4) is 11.5 Å². The van der Waals surface area contributed by atoms with E-state index < -0.39 is 0 Å². The fourth-order valence-electron chi connectivity index (χ4n) is 3.79. The predicted molar refractivity (Wildman–Crippen MR) is 130 cm³/mol. The predicted octanol–water partition coefficient (Wildman–Crippen LogP) is 4.88. The van der Waals surface area contributed by atoms with Gasteiger partial charge in [-0.05, 0) is 61.4 Å². The Kier molecular flexibility index (Phi) is 7.59. The van der Waals surface area contributed by atoms with E-state index in [1.165, 1.54) is 0 Å². The lowest BCUT2D eigenvalue weighted by atomic mass is 10.2. The number of aromatic nitrogens is 2. The zero-order chi connectivity index (χ0) is 22.9. The zero-order valence-corrected chi connectivity index (χ0v) is 18.9. The second-order valence-electron chi connectivity index (χ2n) is 7.77. The largest absolute Gasteiger partial charge is 0.497 e. The standard InChI is InChI=1S/C27H29N3O3/c1-32-22-16-14-21(15-17-22)27(31)28-18-7-13-26-29-24-11-5-6-12-25(24)30(26)19-8-20-33-23-9-3-2-4-10-23/h2-6,9-12,14-17H,7-8,13,18-20H2,1H3,(H,28,31). The van der Waals surface area contributed by atoms with Gasteiger partial charge in [0.25, 0.3) is 5.91 Å². The quantitative estimate of drug-likeness (QED) is 0.336. The molecule has 3 aromatic carbocycles. The van der Waals surface area contributed by atoms with Crippen LogP contribution >= 0.6 is 0 Å². The molecule has 0 saturated heterocycles. The van der Waals surface area contributed by atoms with Gasteiger partial charge in [-0.3, -0.25) is 4.79 Å². The monoisotopic (exact) mass is 443 g/mol. The van der Waals surface area contributed by atoms with E-state index in [4.69, 9.17) is 14.5 Å². The van der Waals surface area contributed by atoms with Crippen LogP contribution < -0.4 is 14.8 Å². The average Bonchev–Trinajstić information content (AvgIpc) is 3.22. The number of carbonyl (C=O) groups excluding carboxylic acids is 1. The van der Waals surface area contributed by atoms with E-state index in [1.54, 1.807) is 31.4 Å². The molecule has 1 heterocycles. The van der Waals surface area contributed by atoms with Gasteiger partial charge < -0.3 is 19.4 Å². The van der Waals surface area contributed by atoms with E-state index in [1.807, 2.05) is 48.5 Å². The third-order valence-electron chi connectivity index (χ3n) is 5.49. The Bertz CT molecular complexity index is 1170. The maximum Gasteiger partial charge on any atom is 0.251 e. The summed E-state index contributed by atoms with van der Waals surface area (Å²) < 4.78 is 13.3. The van der Waals surface area contributed by atoms with Gasteiger partial charge in [0.05, 0.1) is 24.8 Å². The van der Waals surface area contributed by atoms with Gasteiger partial charge in [-0.2, -0.15) is 0 Å². The van der Waals surface area contributed by atoms with Crippen molar-refractivity contribution in [1.82, 2.24) is 14.9 Å². The number of benzene rings is 3. The van der Waals surface area contributed by atoms with Crippen LogP contribution in [-0.4, -0.2) is 35.7 Å². The summed E-state index contributed by atoms with van der Waals surface area (Å²) in [6.07, 6.45) is 2.49. The van der Waals surface area contributed by atoms with Crippen LogP contribution in [0.1, 0.15) is 29.0 Å². The van der Waals surface area contributed by atoms with Crippen molar-refractivity contribution in [2.24, 2.45) is 0 Å². The lowest BCUT2D eigenvalue weighted by Gasteiger charge is -2.11. The maximum absolute atomic E-state index is 12.4. The van der Waals surface area contributed by atoms with Gasteiger partial charge in [0.2, 0.25) is 0 Å². The van der Waals surface area contributed by atoms with Crippen molar-refractivity contribution < 1.29 is 14.3 Å². The molecule has 0 radical (unpaired) electrons. The number of ether oxygens (including phenoxy) is 2. The molecule has 33 heavy (non-hydrogen) atoms. The molecule has 0 atom stereocenters.